The minimum Gasteiger partial charge on any atom is -0.462 e. The third kappa shape index (κ3) is 5.51. The second-order valence-corrected chi connectivity index (χ2v) is 10.8. The molecule has 5 rings (SSSR count). The van der Waals surface area contributed by atoms with E-state index in [4.69, 9.17) is 4.74 Å². The molecular formula is C26H34N8O3. The minimum atomic E-state index is -1.23. The number of aromatic amines is 1. The number of hydrogen-bond donors (Lipinski definition) is 4. The van der Waals surface area contributed by atoms with Gasteiger partial charge < -0.3 is 24.8 Å². The summed E-state index contributed by atoms with van der Waals surface area (Å²) in [5.74, 6) is 0.928. The van der Waals surface area contributed by atoms with E-state index in [-0.39, 0.29) is 18.4 Å². The second-order valence-electron chi connectivity index (χ2n) is 10.8. The molecule has 0 bridgehead atoms. The number of hydrogen-bond acceptors (Lipinski definition) is 10. The van der Waals surface area contributed by atoms with Crippen LogP contribution in [0.3, 0.4) is 0 Å². The number of H-pyrrole nitrogens is 1. The zero-order valence-electron chi connectivity index (χ0n) is 21.5. The SMILES string of the molecule is CC(NC(O)c1nc(OCC2(C#N)CC2)nc(N2CCC(c3c[nH]c4ncccc34)CC2)n1)C(C)(C)O. The summed E-state index contributed by atoms with van der Waals surface area (Å²) in [5.41, 5.74) is 0.637. The van der Waals surface area contributed by atoms with E-state index in [0.29, 0.717) is 11.9 Å². The number of aliphatic hydroxyl groups is 2. The van der Waals surface area contributed by atoms with Gasteiger partial charge in [0.25, 0.3) is 0 Å². The van der Waals surface area contributed by atoms with Crippen molar-refractivity contribution in [2.24, 2.45) is 5.41 Å². The van der Waals surface area contributed by atoms with Crippen LogP contribution in [0, 0.1) is 16.7 Å². The second kappa shape index (κ2) is 9.85. The number of anilines is 1. The number of pyridine rings is 1. The molecule has 11 heteroatoms. The van der Waals surface area contributed by atoms with E-state index < -0.39 is 23.3 Å². The number of aromatic nitrogens is 5. The van der Waals surface area contributed by atoms with E-state index in [0.717, 1.165) is 49.8 Å². The number of piperidine rings is 1. The molecule has 0 radical (unpaired) electrons. The van der Waals surface area contributed by atoms with Gasteiger partial charge in [0, 0.05) is 36.9 Å². The Morgan fingerprint density at radius 1 is 1.30 bits per heavy atom. The predicted octanol–water partition coefficient (Wildman–Crippen LogP) is 2.55. The summed E-state index contributed by atoms with van der Waals surface area (Å²) in [6.07, 6.45) is 6.01. The lowest BCUT2D eigenvalue weighted by molar-refractivity contribution is 0.0109. The topological polar surface area (TPSA) is 156 Å². The zero-order chi connectivity index (χ0) is 26.2. The van der Waals surface area contributed by atoms with Crippen LogP contribution in [0.4, 0.5) is 5.95 Å². The van der Waals surface area contributed by atoms with Crippen molar-refractivity contribution in [3.05, 3.63) is 35.9 Å². The molecule has 0 aromatic carbocycles. The molecule has 1 aliphatic carbocycles. The van der Waals surface area contributed by atoms with Crippen LogP contribution < -0.4 is 15.0 Å². The fourth-order valence-electron chi connectivity index (χ4n) is 4.55. The highest BCUT2D eigenvalue weighted by Gasteiger charge is 2.44. The molecule has 3 aromatic rings. The molecule has 2 fully saturated rings. The van der Waals surface area contributed by atoms with Crippen molar-refractivity contribution in [2.75, 3.05) is 24.6 Å². The third-order valence-electron chi connectivity index (χ3n) is 7.60. The lowest BCUT2D eigenvalue weighted by atomic mass is 9.89. The molecule has 1 saturated heterocycles. The monoisotopic (exact) mass is 506 g/mol. The molecule has 37 heavy (non-hydrogen) atoms. The Balaban J connectivity index is 1.34. The van der Waals surface area contributed by atoms with Gasteiger partial charge in [0.15, 0.2) is 12.1 Å². The minimum absolute atomic E-state index is 0.0862. The van der Waals surface area contributed by atoms with Gasteiger partial charge in [0.2, 0.25) is 5.95 Å². The van der Waals surface area contributed by atoms with E-state index in [2.05, 4.69) is 53.5 Å². The molecule has 3 aromatic heterocycles. The van der Waals surface area contributed by atoms with Crippen molar-refractivity contribution in [2.45, 2.75) is 70.2 Å². The maximum Gasteiger partial charge on any atom is 0.321 e. The van der Waals surface area contributed by atoms with Crippen molar-refractivity contribution in [1.29, 1.82) is 5.26 Å². The zero-order valence-corrected chi connectivity index (χ0v) is 21.5. The van der Waals surface area contributed by atoms with Gasteiger partial charge in [-0.2, -0.15) is 20.2 Å². The molecule has 1 saturated carbocycles. The predicted molar refractivity (Wildman–Crippen MR) is 137 cm³/mol. The number of nitrogens with one attached hydrogen (secondary N) is 2. The highest BCUT2D eigenvalue weighted by atomic mass is 16.5. The number of fused-ring (bicyclic) bond motifs is 1. The average Bonchev–Trinajstić information content (AvgIpc) is 3.56. The first-order valence-corrected chi connectivity index (χ1v) is 12.8. The Morgan fingerprint density at radius 2 is 2.05 bits per heavy atom. The maximum absolute atomic E-state index is 10.8. The standard InChI is InChI=1S/C26H34N8O3/c1-16(25(2,3)36)30-22(35)21-31-23(33-24(32-21)37-15-26(14-27)8-9-26)34-11-6-17(7-12-34)19-13-29-20-18(19)5-4-10-28-20/h4-5,10,13,16-17,22,30,35-36H,6-9,11-12,15H2,1-3H3,(H,28,29). The first kappa shape index (κ1) is 25.3. The number of aliphatic hydroxyl groups excluding tert-OH is 1. The van der Waals surface area contributed by atoms with Crippen LogP contribution in [0.15, 0.2) is 24.5 Å². The molecule has 0 amide bonds. The Labute approximate surface area is 215 Å². The molecule has 196 valence electrons. The summed E-state index contributed by atoms with van der Waals surface area (Å²) in [4.78, 5) is 23.2. The molecule has 1 aliphatic heterocycles. The van der Waals surface area contributed by atoms with Crippen LogP contribution in [0.25, 0.3) is 11.0 Å². The number of nitriles is 1. The van der Waals surface area contributed by atoms with Crippen LogP contribution >= 0.6 is 0 Å². The molecular weight excluding hydrogens is 472 g/mol. The number of rotatable bonds is 9. The van der Waals surface area contributed by atoms with Crippen LogP contribution in [0.2, 0.25) is 0 Å². The molecule has 4 heterocycles. The largest absolute Gasteiger partial charge is 0.462 e. The van der Waals surface area contributed by atoms with Gasteiger partial charge in [-0.25, -0.2) is 4.98 Å². The molecule has 11 nitrogen and oxygen atoms in total. The summed E-state index contributed by atoms with van der Waals surface area (Å²) in [6, 6.07) is 6.02. The van der Waals surface area contributed by atoms with Crippen LogP contribution in [-0.2, 0) is 0 Å². The van der Waals surface area contributed by atoms with Crippen molar-refractivity contribution in [1.82, 2.24) is 30.2 Å². The molecule has 0 spiro atoms. The fraction of sp³-hybridized carbons (Fsp3) is 0.577. The fourth-order valence-corrected chi connectivity index (χ4v) is 4.55. The Kier molecular flexibility index (Phi) is 6.74. The lowest BCUT2D eigenvalue weighted by Crippen LogP contribution is -2.46. The van der Waals surface area contributed by atoms with Crippen LogP contribution in [0.5, 0.6) is 6.01 Å². The average molecular weight is 507 g/mol. The smallest absolute Gasteiger partial charge is 0.321 e. The first-order valence-electron chi connectivity index (χ1n) is 12.8. The van der Waals surface area contributed by atoms with Gasteiger partial charge in [-0.05, 0) is 70.1 Å². The summed E-state index contributed by atoms with van der Waals surface area (Å²) >= 11 is 0. The van der Waals surface area contributed by atoms with Crippen molar-refractivity contribution in [3.8, 4) is 12.1 Å². The number of nitrogens with zero attached hydrogens (tertiary/aromatic N) is 6. The highest BCUT2D eigenvalue weighted by molar-refractivity contribution is 5.80. The lowest BCUT2D eigenvalue weighted by Gasteiger charge is -2.32. The quantitative estimate of drug-likeness (QED) is 0.318. The van der Waals surface area contributed by atoms with Gasteiger partial charge in [0.1, 0.15) is 12.3 Å². The van der Waals surface area contributed by atoms with E-state index in [1.807, 2.05) is 6.07 Å². The van der Waals surface area contributed by atoms with Gasteiger partial charge in [-0.1, -0.05) is 0 Å². The van der Waals surface area contributed by atoms with Gasteiger partial charge >= 0.3 is 6.01 Å². The van der Waals surface area contributed by atoms with Crippen molar-refractivity contribution >= 4 is 17.0 Å². The normalized spacial score (nSPS) is 19.4. The van der Waals surface area contributed by atoms with E-state index in [1.165, 1.54) is 5.56 Å². The van der Waals surface area contributed by atoms with Gasteiger partial charge in [-0.15, -0.1) is 0 Å². The highest BCUT2D eigenvalue weighted by Crippen LogP contribution is 2.45. The summed E-state index contributed by atoms with van der Waals surface area (Å²) < 4.78 is 5.84. The first-order chi connectivity index (χ1) is 17.7. The summed E-state index contributed by atoms with van der Waals surface area (Å²) in [5, 5.41) is 34.6. The Morgan fingerprint density at radius 3 is 2.73 bits per heavy atom. The summed E-state index contributed by atoms with van der Waals surface area (Å²) in [6.45, 7) is 6.76. The molecule has 4 N–H and O–H groups in total. The van der Waals surface area contributed by atoms with Crippen LogP contribution in [-0.4, -0.2) is 66.5 Å². The van der Waals surface area contributed by atoms with Crippen molar-refractivity contribution in [3.63, 3.8) is 0 Å². The molecule has 2 atom stereocenters. The number of ether oxygens (including phenoxy) is 1. The molecule has 2 aliphatic rings. The van der Waals surface area contributed by atoms with Gasteiger partial charge in [0.05, 0.1) is 17.1 Å². The van der Waals surface area contributed by atoms with Crippen molar-refractivity contribution < 1.29 is 14.9 Å². The summed E-state index contributed by atoms with van der Waals surface area (Å²) in [7, 11) is 0. The van der Waals surface area contributed by atoms with E-state index in [9.17, 15) is 15.5 Å². The third-order valence-corrected chi connectivity index (χ3v) is 7.60. The van der Waals surface area contributed by atoms with Gasteiger partial charge in [-0.3, -0.25) is 5.32 Å². The van der Waals surface area contributed by atoms with E-state index in [1.54, 1.807) is 27.0 Å². The van der Waals surface area contributed by atoms with Crippen LogP contribution in [0.1, 0.15) is 70.0 Å². The maximum atomic E-state index is 10.8. The van der Waals surface area contributed by atoms with E-state index >= 15 is 0 Å². The Hall–Kier alpha value is -3.33. The molecule has 2 unspecified atom stereocenters. The Bertz CT molecular complexity index is 1280.